The minimum absolute atomic E-state index is 0.187. The molecule has 0 amide bonds. The highest BCUT2D eigenvalue weighted by molar-refractivity contribution is 5.39. The summed E-state index contributed by atoms with van der Waals surface area (Å²) in [5, 5.41) is 10.5. The van der Waals surface area contributed by atoms with E-state index < -0.39 is 6.10 Å². The Balaban J connectivity index is 1.73. The number of fused-ring (bicyclic) bond motifs is 1. The molecule has 3 rings (SSSR count). The van der Waals surface area contributed by atoms with Crippen LogP contribution in [0, 0.1) is 6.92 Å². The SMILES string of the molecule is COc1ccc(C)cc1CC(O)C1Cc2ccccc2O1. The summed E-state index contributed by atoms with van der Waals surface area (Å²) in [5.74, 6) is 1.70. The van der Waals surface area contributed by atoms with Gasteiger partial charge in [0, 0.05) is 12.8 Å². The van der Waals surface area contributed by atoms with Gasteiger partial charge < -0.3 is 14.6 Å². The van der Waals surface area contributed by atoms with E-state index >= 15 is 0 Å². The summed E-state index contributed by atoms with van der Waals surface area (Å²) in [5.41, 5.74) is 3.34. The van der Waals surface area contributed by atoms with E-state index in [-0.39, 0.29) is 6.10 Å². The molecular weight excluding hydrogens is 264 g/mol. The van der Waals surface area contributed by atoms with Gasteiger partial charge in [-0.25, -0.2) is 0 Å². The van der Waals surface area contributed by atoms with Gasteiger partial charge in [0.05, 0.1) is 13.2 Å². The Morgan fingerprint density at radius 3 is 2.86 bits per heavy atom. The van der Waals surface area contributed by atoms with Crippen molar-refractivity contribution in [3.8, 4) is 11.5 Å². The van der Waals surface area contributed by atoms with E-state index in [2.05, 4.69) is 12.1 Å². The van der Waals surface area contributed by atoms with Crippen molar-refractivity contribution in [1.82, 2.24) is 0 Å². The first-order valence-electron chi connectivity index (χ1n) is 7.23. The lowest BCUT2D eigenvalue weighted by Gasteiger charge is -2.19. The monoisotopic (exact) mass is 284 g/mol. The summed E-state index contributed by atoms with van der Waals surface area (Å²) < 4.78 is 11.2. The molecule has 110 valence electrons. The summed E-state index contributed by atoms with van der Waals surface area (Å²) in [6, 6.07) is 14.0. The maximum absolute atomic E-state index is 10.5. The van der Waals surface area contributed by atoms with Crippen LogP contribution in [0.5, 0.6) is 11.5 Å². The molecule has 0 bridgehead atoms. The Labute approximate surface area is 125 Å². The fourth-order valence-electron chi connectivity index (χ4n) is 2.85. The second-order valence-electron chi connectivity index (χ2n) is 5.55. The van der Waals surface area contributed by atoms with Gasteiger partial charge in [-0.05, 0) is 30.2 Å². The molecule has 1 heterocycles. The predicted molar refractivity (Wildman–Crippen MR) is 82.0 cm³/mol. The number of para-hydroxylation sites is 1. The molecule has 0 spiro atoms. The molecule has 0 saturated carbocycles. The molecule has 3 heteroatoms. The lowest BCUT2D eigenvalue weighted by atomic mass is 9.98. The molecule has 3 nitrogen and oxygen atoms in total. The Kier molecular flexibility index (Phi) is 3.84. The summed E-state index contributed by atoms with van der Waals surface area (Å²) >= 11 is 0. The lowest BCUT2D eigenvalue weighted by molar-refractivity contribution is 0.0499. The molecule has 1 aliphatic heterocycles. The quantitative estimate of drug-likeness (QED) is 0.938. The van der Waals surface area contributed by atoms with Gasteiger partial charge in [-0.2, -0.15) is 0 Å². The summed E-state index contributed by atoms with van der Waals surface area (Å²) in [7, 11) is 1.66. The number of aliphatic hydroxyl groups is 1. The standard InChI is InChI=1S/C18H20O3/c1-12-7-8-16(20-2)14(9-12)10-15(19)18-11-13-5-3-4-6-17(13)21-18/h3-9,15,18-19H,10-11H2,1-2H3. The number of benzene rings is 2. The molecular formula is C18H20O3. The van der Waals surface area contributed by atoms with Crippen molar-refractivity contribution in [1.29, 1.82) is 0 Å². The third-order valence-electron chi connectivity index (χ3n) is 3.97. The normalized spacial score (nSPS) is 18.0. The van der Waals surface area contributed by atoms with Gasteiger partial charge in [0.1, 0.15) is 17.6 Å². The van der Waals surface area contributed by atoms with Crippen LogP contribution in [-0.4, -0.2) is 24.4 Å². The molecule has 2 aromatic carbocycles. The van der Waals surface area contributed by atoms with Gasteiger partial charge >= 0.3 is 0 Å². The number of aryl methyl sites for hydroxylation is 1. The van der Waals surface area contributed by atoms with Crippen molar-refractivity contribution >= 4 is 0 Å². The maximum Gasteiger partial charge on any atom is 0.129 e. The largest absolute Gasteiger partial charge is 0.496 e. The van der Waals surface area contributed by atoms with E-state index in [0.29, 0.717) is 6.42 Å². The first-order chi connectivity index (χ1) is 10.2. The Bertz CT molecular complexity index is 611. The number of hydrogen-bond acceptors (Lipinski definition) is 3. The highest BCUT2D eigenvalue weighted by Crippen LogP contribution is 2.31. The van der Waals surface area contributed by atoms with Gasteiger partial charge in [-0.15, -0.1) is 0 Å². The second-order valence-corrected chi connectivity index (χ2v) is 5.55. The third kappa shape index (κ3) is 2.88. The molecule has 2 unspecified atom stereocenters. The summed E-state index contributed by atoms with van der Waals surface area (Å²) in [4.78, 5) is 0. The predicted octanol–water partition coefficient (Wildman–Crippen LogP) is 2.91. The lowest BCUT2D eigenvalue weighted by Crippen LogP contribution is -2.32. The van der Waals surface area contributed by atoms with E-state index in [4.69, 9.17) is 9.47 Å². The van der Waals surface area contributed by atoms with Gasteiger partial charge in [0.25, 0.3) is 0 Å². The van der Waals surface area contributed by atoms with Crippen molar-refractivity contribution in [2.24, 2.45) is 0 Å². The minimum atomic E-state index is -0.548. The van der Waals surface area contributed by atoms with Gasteiger partial charge in [0.15, 0.2) is 0 Å². The summed E-state index contributed by atoms with van der Waals surface area (Å²) in [6.07, 6.45) is 0.551. The smallest absolute Gasteiger partial charge is 0.129 e. The fourth-order valence-corrected chi connectivity index (χ4v) is 2.85. The van der Waals surface area contributed by atoms with E-state index in [9.17, 15) is 5.11 Å². The number of rotatable bonds is 4. The zero-order chi connectivity index (χ0) is 14.8. The molecule has 0 fully saturated rings. The van der Waals surface area contributed by atoms with Gasteiger partial charge in [-0.1, -0.05) is 35.9 Å². The third-order valence-corrected chi connectivity index (χ3v) is 3.97. The topological polar surface area (TPSA) is 38.7 Å². The number of methoxy groups -OCH3 is 1. The van der Waals surface area contributed by atoms with Crippen LogP contribution in [0.25, 0.3) is 0 Å². The van der Waals surface area contributed by atoms with Gasteiger partial charge in [-0.3, -0.25) is 0 Å². The van der Waals surface area contributed by atoms with Crippen LogP contribution in [0.15, 0.2) is 42.5 Å². The zero-order valence-corrected chi connectivity index (χ0v) is 12.4. The van der Waals surface area contributed by atoms with Crippen molar-refractivity contribution in [2.75, 3.05) is 7.11 Å². The van der Waals surface area contributed by atoms with Crippen LogP contribution in [0.2, 0.25) is 0 Å². The maximum atomic E-state index is 10.5. The Hall–Kier alpha value is -2.00. The molecule has 1 N–H and O–H groups in total. The highest BCUT2D eigenvalue weighted by Gasteiger charge is 2.29. The molecule has 0 saturated heterocycles. The molecule has 2 atom stereocenters. The molecule has 0 aromatic heterocycles. The van der Waals surface area contributed by atoms with Crippen molar-refractivity contribution in [3.63, 3.8) is 0 Å². The van der Waals surface area contributed by atoms with Crippen LogP contribution >= 0.6 is 0 Å². The van der Waals surface area contributed by atoms with E-state index in [0.717, 1.165) is 34.6 Å². The average Bonchev–Trinajstić information content (AvgIpc) is 2.91. The van der Waals surface area contributed by atoms with Crippen LogP contribution in [0.1, 0.15) is 16.7 Å². The van der Waals surface area contributed by atoms with Crippen LogP contribution in [-0.2, 0) is 12.8 Å². The van der Waals surface area contributed by atoms with Crippen molar-refractivity contribution in [2.45, 2.75) is 32.0 Å². The van der Waals surface area contributed by atoms with E-state index in [1.165, 1.54) is 0 Å². The van der Waals surface area contributed by atoms with Gasteiger partial charge in [0.2, 0.25) is 0 Å². The first kappa shape index (κ1) is 14.0. The second kappa shape index (κ2) is 5.78. The zero-order valence-electron chi connectivity index (χ0n) is 12.4. The van der Waals surface area contributed by atoms with Crippen LogP contribution in [0.4, 0.5) is 0 Å². The Morgan fingerprint density at radius 1 is 1.29 bits per heavy atom. The van der Waals surface area contributed by atoms with Crippen molar-refractivity contribution in [3.05, 3.63) is 59.2 Å². The van der Waals surface area contributed by atoms with Crippen LogP contribution in [0.3, 0.4) is 0 Å². The van der Waals surface area contributed by atoms with E-state index in [1.807, 2.05) is 37.3 Å². The molecule has 21 heavy (non-hydrogen) atoms. The highest BCUT2D eigenvalue weighted by atomic mass is 16.5. The molecule has 0 aliphatic carbocycles. The average molecular weight is 284 g/mol. The number of hydrogen-bond donors (Lipinski definition) is 1. The number of aliphatic hydroxyl groups excluding tert-OH is 1. The fraction of sp³-hybridized carbons (Fsp3) is 0.333. The first-order valence-corrected chi connectivity index (χ1v) is 7.23. The molecule has 2 aromatic rings. The van der Waals surface area contributed by atoms with Crippen molar-refractivity contribution < 1.29 is 14.6 Å². The molecule has 0 radical (unpaired) electrons. The van der Waals surface area contributed by atoms with E-state index in [1.54, 1.807) is 7.11 Å². The number of ether oxygens (including phenoxy) is 2. The minimum Gasteiger partial charge on any atom is -0.496 e. The summed E-state index contributed by atoms with van der Waals surface area (Å²) in [6.45, 7) is 2.04. The van der Waals surface area contributed by atoms with Crippen LogP contribution < -0.4 is 9.47 Å². The molecule has 1 aliphatic rings. The Morgan fingerprint density at radius 2 is 2.10 bits per heavy atom.